The maximum atomic E-state index is 12.5. The molecule has 0 aliphatic rings. The minimum Gasteiger partial charge on any atom is -0.462 e. The van der Waals surface area contributed by atoms with Crippen molar-refractivity contribution in [2.45, 2.75) is 23.9 Å². The maximum absolute atomic E-state index is 12.5. The minimum atomic E-state index is -4.60. The molecule has 0 radical (unpaired) electrons. The third-order valence-corrected chi connectivity index (χ3v) is 3.05. The molecular formula is C12H10F3NO3S. The van der Waals surface area contributed by atoms with Crippen molar-refractivity contribution in [2.75, 3.05) is 6.61 Å². The van der Waals surface area contributed by atoms with E-state index >= 15 is 0 Å². The Morgan fingerprint density at radius 1 is 1.50 bits per heavy atom. The van der Waals surface area contributed by atoms with Crippen molar-refractivity contribution in [3.8, 4) is 6.07 Å². The van der Waals surface area contributed by atoms with Crippen LogP contribution in [0, 0.1) is 11.3 Å². The lowest BCUT2D eigenvalue weighted by Crippen LogP contribution is -2.13. The fourth-order valence-electron chi connectivity index (χ4n) is 1.53. The van der Waals surface area contributed by atoms with Crippen molar-refractivity contribution < 1.29 is 27.8 Å². The summed E-state index contributed by atoms with van der Waals surface area (Å²) in [6, 6.07) is 3.86. The number of carbonyl (C=O) groups is 1. The second kappa shape index (κ2) is 6.63. The maximum Gasteiger partial charge on any atom is 0.446 e. The number of halogens is 3. The van der Waals surface area contributed by atoms with Gasteiger partial charge in [0, 0.05) is 10.5 Å². The van der Waals surface area contributed by atoms with Gasteiger partial charge in [-0.05, 0) is 30.8 Å². The first-order chi connectivity index (χ1) is 9.34. The predicted octanol–water partition coefficient (Wildman–Crippen LogP) is 2.84. The molecule has 4 nitrogen and oxygen atoms in total. The number of benzene rings is 1. The van der Waals surface area contributed by atoms with Crippen molar-refractivity contribution in [2.24, 2.45) is 0 Å². The number of ether oxygens (including phenoxy) is 1. The standard InChI is InChI=1S/C12H10F3NO3S/c1-2-19-11(18)10-8(6-17)7(5-16)3-4-9(10)20-12(13,14)15/h3-4,17H,2,6H2,1H3. The van der Waals surface area contributed by atoms with Crippen LogP contribution < -0.4 is 0 Å². The Labute approximate surface area is 117 Å². The number of thioether (sulfide) groups is 1. The molecule has 0 saturated heterocycles. The lowest BCUT2D eigenvalue weighted by atomic mass is 10.0. The van der Waals surface area contributed by atoms with Crippen LogP contribution in [0.5, 0.6) is 0 Å². The van der Waals surface area contributed by atoms with Gasteiger partial charge in [-0.2, -0.15) is 18.4 Å². The zero-order valence-electron chi connectivity index (χ0n) is 10.3. The molecule has 0 saturated carbocycles. The number of carbonyl (C=O) groups excluding carboxylic acids is 1. The Bertz CT molecular complexity index is 552. The molecule has 0 unspecified atom stereocenters. The fraction of sp³-hybridized carbons (Fsp3) is 0.333. The monoisotopic (exact) mass is 305 g/mol. The smallest absolute Gasteiger partial charge is 0.446 e. The molecule has 1 rings (SSSR count). The predicted molar refractivity (Wildman–Crippen MR) is 64.9 cm³/mol. The molecule has 0 bridgehead atoms. The van der Waals surface area contributed by atoms with Crippen LogP contribution in [0.1, 0.15) is 28.4 Å². The van der Waals surface area contributed by atoms with Crippen molar-refractivity contribution in [3.05, 3.63) is 28.8 Å². The summed E-state index contributed by atoms with van der Waals surface area (Å²) in [7, 11) is 0. The molecule has 0 amide bonds. The summed E-state index contributed by atoms with van der Waals surface area (Å²) in [5.41, 5.74) is -5.25. The van der Waals surface area contributed by atoms with Gasteiger partial charge in [-0.15, -0.1) is 0 Å². The van der Waals surface area contributed by atoms with Crippen molar-refractivity contribution in [3.63, 3.8) is 0 Å². The molecule has 1 N–H and O–H groups in total. The molecule has 108 valence electrons. The van der Waals surface area contributed by atoms with Crippen molar-refractivity contribution >= 4 is 17.7 Å². The molecule has 1 aromatic carbocycles. The van der Waals surface area contributed by atoms with Gasteiger partial charge in [-0.1, -0.05) is 0 Å². The summed E-state index contributed by atoms with van der Waals surface area (Å²) in [5.74, 6) is -1.000. The molecule has 20 heavy (non-hydrogen) atoms. The van der Waals surface area contributed by atoms with E-state index in [0.29, 0.717) is 0 Å². The van der Waals surface area contributed by atoms with Gasteiger partial charge in [-0.3, -0.25) is 0 Å². The number of aliphatic hydroxyl groups is 1. The highest BCUT2D eigenvalue weighted by Crippen LogP contribution is 2.40. The van der Waals surface area contributed by atoms with E-state index in [0.717, 1.165) is 12.1 Å². The molecule has 0 heterocycles. The van der Waals surface area contributed by atoms with E-state index in [9.17, 15) is 23.1 Å². The molecule has 0 aliphatic heterocycles. The van der Waals surface area contributed by atoms with Gasteiger partial charge in [0.15, 0.2) is 0 Å². The van der Waals surface area contributed by atoms with Gasteiger partial charge >= 0.3 is 11.5 Å². The third-order valence-electron chi connectivity index (χ3n) is 2.26. The van der Waals surface area contributed by atoms with Gasteiger partial charge in [0.2, 0.25) is 0 Å². The number of esters is 1. The van der Waals surface area contributed by atoms with Gasteiger partial charge < -0.3 is 9.84 Å². The molecule has 0 fully saturated rings. The summed E-state index contributed by atoms with van der Waals surface area (Å²) in [6.45, 7) is 0.737. The largest absolute Gasteiger partial charge is 0.462 e. The average molecular weight is 305 g/mol. The number of rotatable bonds is 4. The van der Waals surface area contributed by atoms with Crippen LogP contribution >= 0.6 is 11.8 Å². The van der Waals surface area contributed by atoms with E-state index in [2.05, 4.69) is 4.74 Å². The molecular weight excluding hydrogens is 295 g/mol. The quantitative estimate of drug-likeness (QED) is 0.684. The number of hydrogen-bond donors (Lipinski definition) is 1. The first-order valence-corrected chi connectivity index (χ1v) is 6.25. The first-order valence-electron chi connectivity index (χ1n) is 5.43. The molecule has 0 aromatic heterocycles. The summed E-state index contributed by atoms with van der Waals surface area (Å²) < 4.78 is 42.1. The second-order valence-corrected chi connectivity index (χ2v) is 4.61. The summed E-state index contributed by atoms with van der Waals surface area (Å²) in [6.07, 6.45) is 0. The fourth-order valence-corrected chi connectivity index (χ4v) is 2.23. The van der Waals surface area contributed by atoms with Crippen LogP contribution in [0.2, 0.25) is 0 Å². The topological polar surface area (TPSA) is 70.3 Å². The van der Waals surface area contributed by atoms with Crippen LogP contribution in [0.25, 0.3) is 0 Å². The van der Waals surface area contributed by atoms with Crippen molar-refractivity contribution in [1.82, 2.24) is 0 Å². The van der Waals surface area contributed by atoms with E-state index < -0.39 is 40.3 Å². The number of hydrogen-bond acceptors (Lipinski definition) is 5. The molecule has 1 aromatic rings. The number of aliphatic hydroxyl groups excluding tert-OH is 1. The van der Waals surface area contributed by atoms with Crippen LogP contribution in [-0.4, -0.2) is 23.2 Å². The Hall–Kier alpha value is -1.72. The van der Waals surface area contributed by atoms with Gasteiger partial charge in [0.25, 0.3) is 0 Å². The second-order valence-electron chi connectivity index (χ2n) is 3.50. The van der Waals surface area contributed by atoms with E-state index in [4.69, 9.17) is 5.26 Å². The van der Waals surface area contributed by atoms with Gasteiger partial charge in [0.1, 0.15) is 0 Å². The number of nitrogens with zero attached hydrogens (tertiary/aromatic N) is 1. The normalized spacial score (nSPS) is 11.0. The number of alkyl halides is 3. The highest BCUT2D eigenvalue weighted by molar-refractivity contribution is 8.00. The van der Waals surface area contributed by atoms with Crippen LogP contribution in [0.3, 0.4) is 0 Å². The Morgan fingerprint density at radius 2 is 2.15 bits per heavy atom. The average Bonchev–Trinajstić information content (AvgIpc) is 2.36. The highest BCUT2D eigenvalue weighted by Gasteiger charge is 2.33. The highest BCUT2D eigenvalue weighted by atomic mass is 32.2. The van der Waals surface area contributed by atoms with Crippen LogP contribution in [0.4, 0.5) is 13.2 Å². The third kappa shape index (κ3) is 3.88. The van der Waals surface area contributed by atoms with E-state index in [1.54, 1.807) is 6.07 Å². The van der Waals surface area contributed by atoms with E-state index in [-0.39, 0.29) is 17.7 Å². The Balaban J connectivity index is 3.44. The zero-order chi connectivity index (χ0) is 15.3. The molecule has 0 spiro atoms. The van der Waals surface area contributed by atoms with Crippen LogP contribution in [-0.2, 0) is 11.3 Å². The molecule has 8 heteroatoms. The summed E-state index contributed by atoms with van der Waals surface area (Å²) in [4.78, 5) is 11.4. The van der Waals surface area contributed by atoms with E-state index in [1.807, 2.05) is 0 Å². The molecule has 0 atom stereocenters. The van der Waals surface area contributed by atoms with Gasteiger partial charge in [0.05, 0.1) is 30.4 Å². The zero-order valence-corrected chi connectivity index (χ0v) is 11.1. The molecule has 0 aliphatic carbocycles. The van der Waals surface area contributed by atoms with Gasteiger partial charge in [-0.25, -0.2) is 4.79 Å². The van der Waals surface area contributed by atoms with Crippen LogP contribution in [0.15, 0.2) is 17.0 Å². The summed E-state index contributed by atoms with van der Waals surface area (Å²) >= 11 is -0.491. The lowest BCUT2D eigenvalue weighted by molar-refractivity contribution is -0.0328. The lowest BCUT2D eigenvalue weighted by Gasteiger charge is -2.14. The van der Waals surface area contributed by atoms with Crippen molar-refractivity contribution in [1.29, 1.82) is 5.26 Å². The Kier molecular flexibility index (Phi) is 5.42. The minimum absolute atomic E-state index is 0.0311. The number of nitriles is 1. The Morgan fingerprint density at radius 3 is 2.60 bits per heavy atom. The first kappa shape index (κ1) is 16.3. The van der Waals surface area contributed by atoms with E-state index in [1.165, 1.54) is 6.92 Å². The summed E-state index contributed by atoms with van der Waals surface area (Å²) in [5, 5.41) is 18.1. The SMILES string of the molecule is CCOC(=O)c1c(SC(F)(F)F)ccc(C#N)c1CO.